The van der Waals surface area contributed by atoms with Crippen LogP contribution >= 0.6 is 34.8 Å². The summed E-state index contributed by atoms with van der Waals surface area (Å²) in [5.41, 5.74) is 7.43. The molecule has 0 saturated heterocycles. The van der Waals surface area contributed by atoms with Crippen LogP contribution in [-0.2, 0) is 29.2 Å². The Balaban J connectivity index is 1.68. The maximum Gasteiger partial charge on any atom is 0.410 e. The first-order valence-corrected chi connectivity index (χ1v) is 12.9. The molecule has 5 nitrogen and oxygen atoms in total. The van der Waals surface area contributed by atoms with Crippen LogP contribution in [-0.4, -0.2) is 27.4 Å². The fourth-order valence-electron chi connectivity index (χ4n) is 4.09. The second-order valence-electron chi connectivity index (χ2n) is 9.29. The van der Waals surface area contributed by atoms with Crippen LogP contribution in [0, 0.1) is 27.7 Å². The molecule has 1 amide bonds. The molecule has 0 heterocycles. The quantitative estimate of drug-likeness (QED) is 0.208. The van der Waals surface area contributed by atoms with E-state index in [1.807, 2.05) is 82.3 Å². The minimum Gasteiger partial charge on any atom is -0.457 e. The summed E-state index contributed by atoms with van der Waals surface area (Å²) in [7, 11) is 0. The van der Waals surface area contributed by atoms with E-state index in [2.05, 4.69) is 6.07 Å². The Labute approximate surface area is 233 Å². The molecule has 0 spiro atoms. The molecule has 8 heteroatoms. The number of ether oxygens (including phenoxy) is 2. The van der Waals surface area contributed by atoms with Gasteiger partial charge < -0.3 is 9.47 Å². The Hall–Kier alpha value is -2.73. The third kappa shape index (κ3) is 9.58. The maximum atomic E-state index is 12.9. The van der Waals surface area contributed by atoms with E-state index in [4.69, 9.17) is 44.3 Å². The topological polar surface area (TPSA) is 55.8 Å². The van der Waals surface area contributed by atoms with Gasteiger partial charge in [-0.2, -0.15) is 0 Å². The number of amides is 1. The van der Waals surface area contributed by atoms with E-state index in [0.29, 0.717) is 12.1 Å². The van der Waals surface area contributed by atoms with Crippen molar-refractivity contribution in [3.63, 3.8) is 0 Å². The lowest BCUT2D eigenvalue weighted by Gasteiger charge is -2.24. The lowest BCUT2D eigenvalue weighted by molar-refractivity contribution is 0.0472. The Morgan fingerprint density at radius 2 is 1.19 bits per heavy atom. The minimum atomic E-state index is -1.70. The van der Waals surface area contributed by atoms with E-state index in [0.717, 1.165) is 38.9 Å². The molecule has 0 radical (unpaired) electrons. The average molecular weight is 563 g/mol. The van der Waals surface area contributed by atoms with Gasteiger partial charge >= 0.3 is 12.1 Å². The minimum absolute atomic E-state index is 0.143. The summed E-state index contributed by atoms with van der Waals surface area (Å²) in [5.74, 6) is -0.368. The molecule has 0 saturated carbocycles. The maximum absolute atomic E-state index is 12.9. The number of carbonyl (C=O) groups excluding carboxylic acids is 2. The molecule has 0 fully saturated rings. The van der Waals surface area contributed by atoms with Crippen molar-refractivity contribution in [3.05, 3.63) is 105 Å². The van der Waals surface area contributed by atoms with E-state index < -0.39 is 9.89 Å². The number of rotatable bonds is 8. The molecule has 0 aromatic heterocycles. The highest BCUT2D eigenvalue weighted by molar-refractivity contribution is 6.67. The predicted molar refractivity (Wildman–Crippen MR) is 148 cm³/mol. The van der Waals surface area contributed by atoms with Gasteiger partial charge in [0, 0.05) is 13.1 Å². The van der Waals surface area contributed by atoms with Crippen molar-refractivity contribution < 1.29 is 19.1 Å². The molecular formula is C29H30Cl3NO4. The van der Waals surface area contributed by atoms with Gasteiger partial charge in [-0.3, -0.25) is 4.90 Å². The first-order valence-electron chi connectivity index (χ1n) is 11.8. The lowest BCUT2D eigenvalue weighted by Crippen LogP contribution is -2.32. The van der Waals surface area contributed by atoms with Gasteiger partial charge in [0.2, 0.25) is 3.79 Å². The number of hydrogen-bond acceptors (Lipinski definition) is 4. The van der Waals surface area contributed by atoms with Gasteiger partial charge in [-0.15, -0.1) is 0 Å². The number of nitrogens with zero attached hydrogens (tertiary/aromatic N) is 1. The summed E-state index contributed by atoms with van der Waals surface area (Å²) in [4.78, 5) is 26.9. The first-order chi connectivity index (χ1) is 17.4. The molecule has 0 aliphatic rings. The van der Waals surface area contributed by atoms with Crippen LogP contribution in [0.2, 0.25) is 0 Å². The average Bonchev–Trinajstić information content (AvgIpc) is 2.79. The Morgan fingerprint density at radius 3 is 1.73 bits per heavy atom. The van der Waals surface area contributed by atoms with Gasteiger partial charge in [0.1, 0.15) is 13.2 Å². The van der Waals surface area contributed by atoms with E-state index >= 15 is 0 Å². The zero-order chi connectivity index (χ0) is 27.2. The smallest absolute Gasteiger partial charge is 0.410 e. The van der Waals surface area contributed by atoms with Gasteiger partial charge in [0.25, 0.3) is 0 Å². The van der Waals surface area contributed by atoms with Crippen LogP contribution in [0.25, 0.3) is 0 Å². The highest BCUT2D eigenvalue weighted by Gasteiger charge is 2.25. The number of hydrogen-bond donors (Lipinski definition) is 0. The monoisotopic (exact) mass is 561 g/mol. The SMILES string of the molecule is Cc1cc(C)cc(CN(Cc2ccc(COC(=O)c3cc(C)cc(C)c3)cc2)C(=O)OCC(Cl)(Cl)Cl)c1. The van der Waals surface area contributed by atoms with Gasteiger partial charge in [-0.05, 0) is 56.5 Å². The van der Waals surface area contributed by atoms with Gasteiger partial charge in [-0.25, -0.2) is 9.59 Å². The number of benzene rings is 3. The van der Waals surface area contributed by atoms with Crippen LogP contribution in [0.1, 0.15) is 49.3 Å². The summed E-state index contributed by atoms with van der Waals surface area (Å²) in [6, 6.07) is 19.2. The van der Waals surface area contributed by atoms with Crippen LogP contribution in [0.5, 0.6) is 0 Å². The standard InChI is InChI=1S/C29H30Cl3NO4/c1-19-9-20(2)12-25(11-19)16-33(28(35)37-18-29(30,31)32)15-23-5-7-24(8-6-23)17-36-27(34)26-13-21(3)10-22(4)14-26/h5-14H,15-18H2,1-4H3. The van der Waals surface area contributed by atoms with Gasteiger partial charge in [-0.1, -0.05) is 106 Å². The van der Waals surface area contributed by atoms with E-state index in [1.54, 1.807) is 4.90 Å². The Morgan fingerprint density at radius 1 is 0.703 bits per heavy atom. The highest BCUT2D eigenvalue weighted by atomic mass is 35.6. The summed E-state index contributed by atoms with van der Waals surface area (Å²) in [5, 5.41) is 0. The predicted octanol–water partition coefficient (Wildman–Crippen LogP) is 7.79. The van der Waals surface area contributed by atoms with E-state index in [1.165, 1.54) is 0 Å². The van der Waals surface area contributed by atoms with Crippen molar-refractivity contribution in [2.45, 2.75) is 51.2 Å². The molecular weight excluding hydrogens is 533 g/mol. The third-order valence-electron chi connectivity index (χ3n) is 5.50. The normalized spacial score (nSPS) is 11.2. The molecule has 196 valence electrons. The molecule has 3 rings (SSSR count). The van der Waals surface area contributed by atoms with Crippen molar-refractivity contribution in [3.8, 4) is 0 Å². The number of halogens is 3. The van der Waals surface area contributed by atoms with Crippen LogP contribution in [0.4, 0.5) is 4.79 Å². The largest absolute Gasteiger partial charge is 0.457 e. The molecule has 0 aliphatic heterocycles. The zero-order valence-corrected chi connectivity index (χ0v) is 23.6. The van der Waals surface area contributed by atoms with Crippen molar-refractivity contribution in [2.75, 3.05) is 6.61 Å². The Bertz CT molecular complexity index is 1210. The fourth-order valence-corrected chi connectivity index (χ4v) is 4.25. The summed E-state index contributed by atoms with van der Waals surface area (Å²) < 4.78 is 9.05. The molecule has 0 atom stereocenters. The fraction of sp³-hybridized carbons (Fsp3) is 0.310. The highest BCUT2D eigenvalue weighted by Crippen LogP contribution is 2.26. The number of aryl methyl sites for hydroxylation is 4. The van der Waals surface area contributed by atoms with Gasteiger partial charge in [0.05, 0.1) is 5.56 Å². The lowest BCUT2D eigenvalue weighted by atomic mass is 10.1. The molecule has 0 aliphatic carbocycles. The van der Waals surface area contributed by atoms with Crippen molar-refractivity contribution in [1.29, 1.82) is 0 Å². The summed E-state index contributed by atoms with van der Waals surface area (Å²) >= 11 is 17.3. The molecule has 0 bridgehead atoms. The van der Waals surface area contributed by atoms with Crippen LogP contribution in [0.3, 0.4) is 0 Å². The molecule has 37 heavy (non-hydrogen) atoms. The third-order valence-corrected chi connectivity index (χ3v) is 5.82. The second kappa shape index (κ2) is 12.7. The van der Waals surface area contributed by atoms with Gasteiger partial charge in [0.15, 0.2) is 0 Å². The Kier molecular flexibility index (Phi) is 9.88. The number of alkyl halides is 3. The van der Waals surface area contributed by atoms with E-state index in [-0.39, 0.29) is 25.7 Å². The van der Waals surface area contributed by atoms with Crippen molar-refractivity contribution >= 4 is 46.9 Å². The molecule has 0 N–H and O–H groups in total. The van der Waals surface area contributed by atoms with Crippen LogP contribution in [0.15, 0.2) is 60.7 Å². The molecule has 0 unspecified atom stereocenters. The van der Waals surface area contributed by atoms with Crippen LogP contribution < -0.4 is 0 Å². The number of esters is 1. The molecule has 3 aromatic carbocycles. The second-order valence-corrected chi connectivity index (χ2v) is 11.8. The molecule has 3 aromatic rings. The van der Waals surface area contributed by atoms with E-state index in [9.17, 15) is 9.59 Å². The first kappa shape index (κ1) is 28.8. The number of carbonyl (C=O) groups is 2. The zero-order valence-electron chi connectivity index (χ0n) is 21.3. The van der Waals surface area contributed by atoms with Crippen molar-refractivity contribution in [2.24, 2.45) is 0 Å². The van der Waals surface area contributed by atoms with Crippen molar-refractivity contribution in [1.82, 2.24) is 4.90 Å². The summed E-state index contributed by atoms with van der Waals surface area (Å²) in [6.07, 6.45) is -0.586. The summed E-state index contributed by atoms with van der Waals surface area (Å²) in [6.45, 7) is 8.30.